The van der Waals surface area contributed by atoms with E-state index < -0.39 is 0 Å². The van der Waals surface area contributed by atoms with Gasteiger partial charge >= 0.3 is 0 Å². The van der Waals surface area contributed by atoms with Crippen molar-refractivity contribution in [2.75, 3.05) is 0 Å². The summed E-state index contributed by atoms with van der Waals surface area (Å²) in [4.78, 5) is 7.32. The molecule has 2 aliphatic heterocycles. The van der Waals surface area contributed by atoms with Gasteiger partial charge in [-0.3, -0.25) is 4.98 Å². The maximum atomic E-state index is 4.20. The zero-order valence-electron chi connectivity index (χ0n) is 4.83. The fraction of sp³-hybridized carbons (Fsp3) is 0. The highest BCUT2D eigenvalue weighted by Crippen LogP contribution is 2.09. The highest BCUT2D eigenvalue weighted by Gasteiger charge is 1.97. The summed E-state index contributed by atoms with van der Waals surface area (Å²) in [7, 11) is 0.313. The van der Waals surface area contributed by atoms with Crippen molar-refractivity contribution in [3.63, 3.8) is 0 Å². The highest BCUT2D eigenvalue weighted by atomic mass is 28.2. The molecule has 44 valence electrons. The maximum Gasteiger partial charge on any atom is 0.0612 e. The molecule has 0 bridgehead atoms. The number of fused-ring (bicyclic) bond motifs is 1. The fourth-order valence-corrected chi connectivity index (χ4v) is 1.89. The van der Waals surface area contributed by atoms with Crippen molar-refractivity contribution < 1.29 is 0 Å². The van der Waals surface area contributed by atoms with Gasteiger partial charge in [-0.05, 0) is 6.07 Å². The van der Waals surface area contributed by atoms with E-state index in [1.807, 2.05) is 6.20 Å². The quantitative estimate of drug-likeness (QED) is 0.525. The van der Waals surface area contributed by atoms with E-state index >= 15 is 0 Å². The molecule has 0 aromatic heterocycles. The van der Waals surface area contributed by atoms with Gasteiger partial charge in [-0.2, -0.15) is 0 Å². The molecule has 0 unspecified atom stereocenters. The third-order valence-electron chi connectivity index (χ3n) is 1.32. The number of H-pyrrole nitrogens is 1. The first kappa shape index (κ1) is 4.87. The normalized spacial score (nSPS) is 10.2. The molecule has 0 radical (unpaired) electrons. The van der Waals surface area contributed by atoms with Crippen LogP contribution in [0.25, 0.3) is 11.0 Å². The summed E-state index contributed by atoms with van der Waals surface area (Å²) in [5.74, 6) is 0. The summed E-state index contributed by atoms with van der Waals surface area (Å²) >= 11 is 0. The molecule has 0 aromatic rings. The van der Waals surface area contributed by atoms with E-state index in [4.69, 9.17) is 0 Å². The lowest BCUT2D eigenvalue weighted by molar-refractivity contribution is 1.23. The Bertz CT molecular complexity index is 251. The number of hydrogen-bond donors (Lipinski definition) is 1. The van der Waals surface area contributed by atoms with Gasteiger partial charge < -0.3 is 4.98 Å². The molecule has 0 aromatic carbocycles. The number of nitrogens with one attached hydrogen (secondary N) is 1. The predicted octanol–water partition coefficient (Wildman–Crippen LogP) is 0.585. The Morgan fingerprint density at radius 2 is 2.56 bits per heavy atom. The predicted molar refractivity (Wildman–Crippen MR) is 38.0 cm³/mol. The average Bonchev–Trinajstić information content (AvgIpc) is 2.33. The molecule has 0 saturated heterocycles. The lowest BCUT2D eigenvalue weighted by Crippen LogP contribution is -1.84. The molecule has 0 spiro atoms. The number of rotatable bonds is 0. The Hall–Kier alpha value is -0.963. The van der Waals surface area contributed by atoms with Crippen LogP contribution in [0.4, 0.5) is 0 Å². The summed E-state index contributed by atoms with van der Waals surface area (Å²) in [6.07, 6.45) is 3.66. The van der Waals surface area contributed by atoms with E-state index in [2.05, 4.69) is 21.7 Å². The highest BCUT2D eigenvalue weighted by molar-refractivity contribution is 6.39. The monoisotopic (exact) mass is 134 g/mol. The van der Waals surface area contributed by atoms with Crippen molar-refractivity contribution in [3.8, 4) is 11.0 Å². The largest absolute Gasteiger partial charge is 0.359 e. The van der Waals surface area contributed by atoms with Gasteiger partial charge in [0.1, 0.15) is 0 Å². The van der Waals surface area contributed by atoms with Crippen LogP contribution >= 0.6 is 0 Å². The summed E-state index contributed by atoms with van der Waals surface area (Å²) in [5, 5.41) is 1.23. The number of hydrogen-bond acceptors (Lipinski definition) is 1. The van der Waals surface area contributed by atoms with E-state index in [1.54, 1.807) is 6.20 Å². The minimum Gasteiger partial charge on any atom is -0.359 e. The molecule has 0 amide bonds. The Labute approximate surface area is 55.0 Å². The van der Waals surface area contributed by atoms with Crippen molar-refractivity contribution in [3.05, 3.63) is 24.1 Å². The van der Waals surface area contributed by atoms with Crippen LogP contribution < -0.4 is 0 Å². The molecule has 3 heteroatoms. The number of nitrogens with zero attached hydrogens (tertiary/aromatic N) is 1. The van der Waals surface area contributed by atoms with Gasteiger partial charge in [0, 0.05) is 12.4 Å². The van der Waals surface area contributed by atoms with Crippen LogP contribution in [0.15, 0.2) is 24.1 Å². The SMILES string of the molecule is c1c[nH]c2cc[siH]c-2n1. The first-order valence-electron chi connectivity index (χ1n) is 2.85. The molecule has 1 N–H and O–H groups in total. The van der Waals surface area contributed by atoms with Crippen LogP contribution in [0.5, 0.6) is 0 Å². The standard InChI is InChI=1S/C6H6N2Si/c1-4-9-6-5(1)7-2-3-8-6/h1-4,7,9H. The lowest BCUT2D eigenvalue weighted by atomic mass is 10.4. The minimum atomic E-state index is 0.313. The molecule has 0 aliphatic carbocycles. The summed E-state index contributed by atoms with van der Waals surface area (Å²) in [6.45, 7) is 0. The molecule has 2 rings (SSSR count). The molecule has 0 atom stereocenters. The van der Waals surface area contributed by atoms with E-state index in [1.165, 1.54) is 11.0 Å². The Morgan fingerprint density at radius 1 is 1.56 bits per heavy atom. The van der Waals surface area contributed by atoms with Crippen molar-refractivity contribution in [2.45, 2.75) is 0 Å². The van der Waals surface area contributed by atoms with Crippen LogP contribution in [-0.2, 0) is 0 Å². The van der Waals surface area contributed by atoms with E-state index in [0.717, 1.165) is 0 Å². The minimum absolute atomic E-state index is 0.313. The van der Waals surface area contributed by atoms with E-state index in [-0.39, 0.29) is 0 Å². The van der Waals surface area contributed by atoms with Crippen LogP contribution in [0, 0.1) is 0 Å². The second-order valence-corrected chi connectivity index (χ2v) is 3.18. The lowest BCUT2D eigenvalue weighted by Gasteiger charge is -1.93. The molecule has 0 saturated carbocycles. The first-order chi connectivity index (χ1) is 4.47. The Morgan fingerprint density at radius 3 is 3.44 bits per heavy atom. The number of aromatic nitrogens is 2. The molecule has 9 heavy (non-hydrogen) atoms. The summed E-state index contributed by atoms with van der Waals surface area (Å²) < 4.78 is 0. The van der Waals surface area contributed by atoms with Crippen molar-refractivity contribution in [1.82, 2.24) is 9.97 Å². The smallest absolute Gasteiger partial charge is 0.0612 e. The molecular formula is C6H6N2Si. The van der Waals surface area contributed by atoms with Crippen LogP contribution in [0.1, 0.15) is 0 Å². The zero-order valence-corrected chi connectivity index (χ0v) is 5.99. The molecule has 2 aliphatic rings. The Balaban J connectivity index is 2.79. The second kappa shape index (κ2) is 1.77. The maximum absolute atomic E-state index is 4.20. The van der Waals surface area contributed by atoms with Gasteiger partial charge in [-0.15, -0.1) is 0 Å². The fourth-order valence-electron chi connectivity index (χ4n) is 0.890. The van der Waals surface area contributed by atoms with Crippen molar-refractivity contribution in [2.24, 2.45) is 0 Å². The van der Waals surface area contributed by atoms with Gasteiger partial charge in [0.15, 0.2) is 0 Å². The summed E-state index contributed by atoms with van der Waals surface area (Å²) in [6, 6.07) is 2.09. The van der Waals surface area contributed by atoms with Gasteiger partial charge in [-0.1, -0.05) is 5.68 Å². The third-order valence-corrected chi connectivity index (χ3v) is 2.48. The first-order valence-corrected chi connectivity index (χ1v) is 4.09. The zero-order chi connectivity index (χ0) is 6.10. The average molecular weight is 134 g/mol. The Kier molecular flexibility index (Phi) is 0.958. The van der Waals surface area contributed by atoms with Gasteiger partial charge in [0.25, 0.3) is 0 Å². The second-order valence-electron chi connectivity index (χ2n) is 1.91. The molecular weight excluding hydrogens is 128 g/mol. The van der Waals surface area contributed by atoms with Gasteiger partial charge in [-0.25, -0.2) is 0 Å². The molecule has 2 nitrogen and oxygen atoms in total. The van der Waals surface area contributed by atoms with E-state index in [9.17, 15) is 0 Å². The molecule has 2 heterocycles. The van der Waals surface area contributed by atoms with Crippen LogP contribution in [-0.4, -0.2) is 19.1 Å². The topological polar surface area (TPSA) is 28.7 Å². The van der Waals surface area contributed by atoms with Gasteiger partial charge in [0.2, 0.25) is 0 Å². The van der Waals surface area contributed by atoms with Crippen molar-refractivity contribution >= 4 is 9.12 Å². The van der Waals surface area contributed by atoms with Crippen LogP contribution in [0.3, 0.4) is 0 Å². The summed E-state index contributed by atoms with van der Waals surface area (Å²) in [5.41, 5.74) is 3.38. The number of aromatic amines is 1. The van der Waals surface area contributed by atoms with Gasteiger partial charge in [0.05, 0.1) is 20.1 Å². The van der Waals surface area contributed by atoms with Crippen molar-refractivity contribution in [1.29, 1.82) is 0 Å². The van der Waals surface area contributed by atoms with E-state index in [0.29, 0.717) is 9.12 Å². The van der Waals surface area contributed by atoms with Crippen LogP contribution in [0.2, 0.25) is 0 Å². The molecule has 0 fully saturated rings. The third kappa shape index (κ3) is 0.694.